The molecule has 242 valence electrons. The van der Waals surface area contributed by atoms with Crippen LogP contribution in [-0.4, -0.2) is 49.0 Å². The van der Waals surface area contributed by atoms with E-state index < -0.39 is 6.29 Å². The monoisotopic (exact) mass is 645 g/mol. The maximum absolute atomic E-state index is 12.6. The first-order valence-corrected chi connectivity index (χ1v) is 16.3. The molecule has 1 aliphatic heterocycles. The normalized spacial score (nSPS) is 17.8. The lowest BCUT2D eigenvalue weighted by molar-refractivity contribution is -0.245. The van der Waals surface area contributed by atoms with Crippen LogP contribution in [0.3, 0.4) is 0 Å². The Bertz CT molecular complexity index is 1580. The van der Waals surface area contributed by atoms with Gasteiger partial charge in [-0.1, -0.05) is 66.7 Å². The summed E-state index contributed by atoms with van der Waals surface area (Å²) in [5.41, 5.74) is 10.4. The summed E-state index contributed by atoms with van der Waals surface area (Å²) in [5.74, 6) is 0.466. The number of carbonyl (C=O) groups is 2. The van der Waals surface area contributed by atoms with Crippen LogP contribution in [-0.2, 0) is 32.7 Å². The number of benzene rings is 3. The number of aromatic nitrogens is 4. The van der Waals surface area contributed by atoms with Gasteiger partial charge in [-0.05, 0) is 58.7 Å². The maximum atomic E-state index is 12.6. The number of ether oxygens (including phenoxy) is 2. The van der Waals surface area contributed by atoms with Gasteiger partial charge in [0, 0.05) is 43.3 Å². The molecule has 2 amide bonds. The number of anilines is 3. The van der Waals surface area contributed by atoms with Gasteiger partial charge in [-0.25, -0.2) is 4.68 Å². The van der Waals surface area contributed by atoms with Crippen molar-refractivity contribution in [3.8, 4) is 0 Å². The zero-order valence-corrected chi connectivity index (χ0v) is 26.5. The summed E-state index contributed by atoms with van der Waals surface area (Å²) in [7, 11) is 1.80. The Balaban J connectivity index is 1.11. The molecule has 12 nitrogen and oxygen atoms in total. The van der Waals surface area contributed by atoms with Gasteiger partial charge in [0.05, 0.1) is 30.2 Å². The van der Waals surface area contributed by atoms with Crippen molar-refractivity contribution in [2.24, 2.45) is 7.05 Å². The average molecular weight is 646 g/mol. The molecule has 0 aliphatic carbocycles. The fourth-order valence-electron chi connectivity index (χ4n) is 5.05. The van der Waals surface area contributed by atoms with Crippen molar-refractivity contribution < 1.29 is 24.2 Å². The minimum Gasteiger partial charge on any atom is -0.397 e. The van der Waals surface area contributed by atoms with E-state index in [9.17, 15) is 14.7 Å². The zero-order chi connectivity index (χ0) is 32.3. The van der Waals surface area contributed by atoms with Crippen LogP contribution in [0.15, 0.2) is 78.0 Å². The molecule has 3 atom stereocenters. The Morgan fingerprint density at radius 3 is 2.30 bits per heavy atom. The lowest BCUT2D eigenvalue weighted by Gasteiger charge is -2.36. The Morgan fingerprint density at radius 1 is 0.935 bits per heavy atom. The van der Waals surface area contributed by atoms with Gasteiger partial charge in [0.15, 0.2) is 6.29 Å². The summed E-state index contributed by atoms with van der Waals surface area (Å²) in [6.45, 7) is -0.0183. The van der Waals surface area contributed by atoms with Crippen LogP contribution in [0, 0.1) is 0 Å². The summed E-state index contributed by atoms with van der Waals surface area (Å²) in [4.78, 5) is 24.8. The van der Waals surface area contributed by atoms with E-state index in [-0.39, 0.29) is 30.6 Å². The Labute approximate surface area is 272 Å². The van der Waals surface area contributed by atoms with Crippen LogP contribution in [0.1, 0.15) is 67.6 Å². The highest BCUT2D eigenvalue weighted by molar-refractivity contribution is 7.99. The number of nitrogen functional groups attached to an aromatic ring is 1. The van der Waals surface area contributed by atoms with E-state index in [0.717, 1.165) is 23.1 Å². The maximum Gasteiger partial charge on any atom is 0.224 e. The second-order valence-corrected chi connectivity index (χ2v) is 12.1. The number of carbonyl (C=O) groups excluding carboxylic acids is 2. The van der Waals surface area contributed by atoms with Gasteiger partial charge in [0.1, 0.15) is 0 Å². The van der Waals surface area contributed by atoms with Crippen molar-refractivity contribution in [2.45, 2.75) is 68.8 Å². The Kier molecular flexibility index (Phi) is 11.7. The Morgan fingerprint density at radius 2 is 1.63 bits per heavy atom. The molecular formula is C33H39N7O5S. The molecule has 4 aromatic rings. The van der Waals surface area contributed by atoms with Crippen molar-refractivity contribution in [3.63, 3.8) is 0 Å². The third-order valence-electron chi connectivity index (χ3n) is 7.60. The molecule has 1 aliphatic rings. The molecule has 5 rings (SSSR count). The Hall–Kier alpha value is -4.30. The molecule has 1 saturated heterocycles. The summed E-state index contributed by atoms with van der Waals surface area (Å²) in [6, 6.07) is 22.4. The number of tetrazole rings is 1. The minimum absolute atomic E-state index is 0.0183. The van der Waals surface area contributed by atoms with E-state index in [1.54, 1.807) is 23.9 Å². The number of aliphatic hydroxyl groups excluding tert-OH is 1. The second-order valence-electron chi connectivity index (χ2n) is 11.1. The highest BCUT2D eigenvalue weighted by Gasteiger charge is 2.32. The average Bonchev–Trinajstić information content (AvgIpc) is 3.49. The standard InChI is InChI=1S/C33H39N7O5S/c1-40-33(37-38-39-40)46-21-26-19-29(23-13-11-22(20-41)12-14-23)45-32(44-26)24-15-17-25(18-16-24)35-30(42)9-3-2-4-10-31(43)36-28-8-6-5-7-27(28)34/h5-8,11-18,26,29,32,41H,2-4,9-10,19-21,34H2,1H3,(H,35,42)(H,36,43)/t26-,29+,32+/m0/s1. The molecule has 0 unspecified atom stereocenters. The van der Waals surface area contributed by atoms with Crippen LogP contribution in [0.25, 0.3) is 0 Å². The van der Waals surface area contributed by atoms with Crippen molar-refractivity contribution in [1.29, 1.82) is 0 Å². The summed E-state index contributed by atoms with van der Waals surface area (Å²) >= 11 is 1.52. The number of hydrogen-bond acceptors (Lipinski definition) is 10. The van der Waals surface area contributed by atoms with Crippen LogP contribution in [0.4, 0.5) is 17.1 Å². The van der Waals surface area contributed by atoms with Gasteiger partial charge in [0.25, 0.3) is 0 Å². The molecule has 46 heavy (non-hydrogen) atoms. The summed E-state index contributed by atoms with van der Waals surface area (Å²) in [5, 5.41) is 27.6. The molecule has 0 spiro atoms. The third kappa shape index (κ3) is 9.36. The van der Waals surface area contributed by atoms with Crippen molar-refractivity contribution in [3.05, 3.63) is 89.5 Å². The first kappa shape index (κ1) is 33.1. The minimum atomic E-state index is -0.611. The van der Waals surface area contributed by atoms with Crippen molar-refractivity contribution in [1.82, 2.24) is 20.2 Å². The number of aliphatic hydroxyl groups is 1. The molecule has 1 aromatic heterocycles. The van der Waals surface area contributed by atoms with Crippen LogP contribution >= 0.6 is 11.8 Å². The first-order chi connectivity index (χ1) is 22.4. The first-order valence-electron chi connectivity index (χ1n) is 15.3. The largest absolute Gasteiger partial charge is 0.397 e. The van der Waals surface area contributed by atoms with Crippen LogP contribution in [0.2, 0.25) is 0 Å². The summed E-state index contributed by atoms with van der Waals surface area (Å²) < 4.78 is 14.4. The molecule has 2 heterocycles. The highest BCUT2D eigenvalue weighted by atomic mass is 32.2. The summed E-state index contributed by atoms with van der Waals surface area (Å²) in [6.07, 6.45) is 2.55. The topological polar surface area (TPSA) is 167 Å². The van der Waals surface area contributed by atoms with Gasteiger partial charge in [-0.15, -0.1) is 5.10 Å². The number of nitrogens with two attached hydrogens (primary N) is 1. The molecule has 0 radical (unpaired) electrons. The third-order valence-corrected chi connectivity index (χ3v) is 8.75. The number of thioether (sulfide) groups is 1. The fraction of sp³-hybridized carbons (Fsp3) is 0.364. The predicted octanol–water partition coefficient (Wildman–Crippen LogP) is 5.15. The number of hydrogen-bond donors (Lipinski definition) is 4. The molecular weight excluding hydrogens is 606 g/mol. The van der Waals surface area contributed by atoms with Crippen molar-refractivity contribution >= 4 is 40.6 Å². The quantitative estimate of drug-likeness (QED) is 0.0818. The molecule has 1 fully saturated rings. The van der Waals surface area contributed by atoms with E-state index in [4.69, 9.17) is 15.2 Å². The van der Waals surface area contributed by atoms with Crippen molar-refractivity contribution in [2.75, 3.05) is 22.1 Å². The zero-order valence-electron chi connectivity index (χ0n) is 25.7. The SMILES string of the molecule is Cn1nnnc1SC[C@@H]1C[C@H](c2ccc(CO)cc2)O[C@H](c2ccc(NC(=O)CCCCCC(=O)Nc3ccccc3N)cc2)O1. The molecule has 5 N–H and O–H groups in total. The number of amides is 2. The number of nitrogens with zero attached hydrogens (tertiary/aromatic N) is 4. The highest BCUT2D eigenvalue weighted by Crippen LogP contribution is 2.39. The number of nitrogens with one attached hydrogen (secondary N) is 2. The fourth-order valence-corrected chi connectivity index (χ4v) is 5.92. The molecule has 3 aromatic carbocycles. The van der Waals surface area contributed by atoms with E-state index in [1.807, 2.05) is 60.7 Å². The van der Waals surface area contributed by atoms with Gasteiger partial charge in [-0.2, -0.15) is 0 Å². The smallest absolute Gasteiger partial charge is 0.224 e. The molecule has 13 heteroatoms. The van der Waals surface area contributed by atoms with Gasteiger partial charge in [0.2, 0.25) is 17.0 Å². The van der Waals surface area contributed by atoms with Gasteiger partial charge >= 0.3 is 0 Å². The number of aryl methyl sites for hydroxylation is 1. The molecule has 0 saturated carbocycles. The van der Waals surface area contributed by atoms with Gasteiger partial charge < -0.3 is 30.9 Å². The van der Waals surface area contributed by atoms with E-state index in [2.05, 4.69) is 26.2 Å². The van der Waals surface area contributed by atoms with E-state index >= 15 is 0 Å². The van der Waals surface area contributed by atoms with Crippen LogP contribution < -0.4 is 16.4 Å². The number of unbranched alkanes of at least 4 members (excludes halogenated alkanes) is 2. The lowest BCUT2D eigenvalue weighted by atomic mass is 10.0. The van der Waals surface area contributed by atoms with E-state index in [0.29, 0.717) is 60.1 Å². The second kappa shape index (κ2) is 16.3. The van der Waals surface area contributed by atoms with Crippen LogP contribution in [0.5, 0.6) is 0 Å². The lowest BCUT2D eigenvalue weighted by Crippen LogP contribution is -2.31. The van der Waals surface area contributed by atoms with Gasteiger partial charge in [-0.3, -0.25) is 9.59 Å². The predicted molar refractivity (Wildman–Crippen MR) is 176 cm³/mol. The van der Waals surface area contributed by atoms with E-state index in [1.165, 1.54) is 11.8 Å². The number of para-hydroxylation sites is 2. The number of rotatable bonds is 14. The molecule has 0 bridgehead atoms.